The summed E-state index contributed by atoms with van der Waals surface area (Å²) in [4.78, 5) is 0. The minimum atomic E-state index is 0.236. The van der Waals surface area contributed by atoms with Crippen LogP contribution in [-0.2, 0) is 0 Å². The molecule has 0 aliphatic heterocycles. The molecule has 0 bridgehead atoms. The number of ether oxygens (including phenoxy) is 1. The maximum absolute atomic E-state index is 5.69. The predicted octanol–water partition coefficient (Wildman–Crippen LogP) is 4.70. The van der Waals surface area contributed by atoms with Crippen LogP contribution in [0.15, 0.2) is 24.3 Å². The van der Waals surface area contributed by atoms with Crippen LogP contribution in [0.1, 0.15) is 65.0 Å². The lowest BCUT2D eigenvalue weighted by Crippen LogP contribution is -2.20. The van der Waals surface area contributed by atoms with E-state index in [1.165, 1.54) is 31.2 Å². The monoisotopic (exact) mass is 263 g/mol. The lowest BCUT2D eigenvalue weighted by molar-refractivity contribution is 0.242. The first-order valence-corrected chi connectivity index (χ1v) is 7.67. The van der Waals surface area contributed by atoms with Crippen molar-refractivity contribution in [1.29, 1.82) is 0 Å². The van der Waals surface area contributed by atoms with Gasteiger partial charge in [-0.05, 0) is 44.5 Å². The van der Waals surface area contributed by atoms with Crippen molar-refractivity contribution in [3.63, 3.8) is 0 Å². The molecule has 1 aromatic rings. The summed E-state index contributed by atoms with van der Waals surface area (Å²) in [5.41, 5.74) is 1.37. The van der Waals surface area contributed by atoms with E-state index in [2.05, 4.69) is 57.3 Å². The van der Waals surface area contributed by atoms with Crippen LogP contribution in [0.2, 0.25) is 0 Å². The van der Waals surface area contributed by atoms with E-state index < -0.39 is 0 Å². The van der Waals surface area contributed by atoms with Crippen LogP contribution in [0.25, 0.3) is 0 Å². The van der Waals surface area contributed by atoms with E-state index in [1.54, 1.807) is 0 Å². The number of unbranched alkanes of at least 4 members (excludes halogenated alkanes) is 2. The zero-order valence-corrected chi connectivity index (χ0v) is 12.9. The molecule has 1 unspecified atom stereocenters. The summed E-state index contributed by atoms with van der Waals surface area (Å²) < 4.78 is 5.69. The van der Waals surface area contributed by atoms with Crippen molar-refractivity contribution in [2.24, 2.45) is 0 Å². The SMILES string of the molecule is CCCCCC(NCC)c1ccc(OC(C)C)cc1. The van der Waals surface area contributed by atoms with Gasteiger partial charge in [-0.1, -0.05) is 45.2 Å². The molecule has 1 rings (SSSR count). The van der Waals surface area contributed by atoms with Crippen LogP contribution in [0, 0.1) is 0 Å². The average Bonchev–Trinajstić information content (AvgIpc) is 2.38. The van der Waals surface area contributed by atoms with E-state index in [0.29, 0.717) is 6.04 Å². The molecule has 2 heteroatoms. The summed E-state index contributed by atoms with van der Waals surface area (Å²) in [6, 6.07) is 9.03. The molecule has 0 aliphatic rings. The van der Waals surface area contributed by atoms with E-state index in [-0.39, 0.29) is 6.10 Å². The van der Waals surface area contributed by atoms with E-state index in [1.807, 2.05) is 0 Å². The van der Waals surface area contributed by atoms with Crippen molar-refractivity contribution in [2.75, 3.05) is 6.54 Å². The average molecular weight is 263 g/mol. The molecular formula is C17H29NO. The summed E-state index contributed by atoms with van der Waals surface area (Å²) in [5, 5.41) is 3.58. The Bertz CT molecular complexity index is 332. The third-order valence-electron chi connectivity index (χ3n) is 3.20. The zero-order chi connectivity index (χ0) is 14.1. The van der Waals surface area contributed by atoms with Gasteiger partial charge in [0, 0.05) is 6.04 Å². The third-order valence-corrected chi connectivity index (χ3v) is 3.20. The molecule has 0 aromatic heterocycles. The second kappa shape index (κ2) is 8.98. The highest BCUT2D eigenvalue weighted by molar-refractivity contribution is 5.29. The molecule has 0 aliphatic carbocycles. The topological polar surface area (TPSA) is 21.3 Å². The molecule has 0 saturated carbocycles. The molecule has 1 N–H and O–H groups in total. The molecule has 1 aromatic carbocycles. The van der Waals surface area contributed by atoms with Gasteiger partial charge in [-0.3, -0.25) is 0 Å². The highest BCUT2D eigenvalue weighted by atomic mass is 16.5. The van der Waals surface area contributed by atoms with Crippen LogP contribution in [0.4, 0.5) is 0 Å². The smallest absolute Gasteiger partial charge is 0.119 e. The van der Waals surface area contributed by atoms with Crippen molar-refractivity contribution in [3.8, 4) is 5.75 Å². The molecule has 2 nitrogen and oxygen atoms in total. The number of hydrogen-bond donors (Lipinski definition) is 1. The number of hydrogen-bond acceptors (Lipinski definition) is 2. The van der Waals surface area contributed by atoms with E-state index in [0.717, 1.165) is 12.3 Å². The first kappa shape index (κ1) is 16.0. The maximum atomic E-state index is 5.69. The third kappa shape index (κ3) is 6.11. The van der Waals surface area contributed by atoms with Crippen molar-refractivity contribution in [3.05, 3.63) is 29.8 Å². The van der Waals surface area contributed by atoms with Crippen molar-refractivity contribution in [1.82, 2.24) is 5.32 Å². The normalized spacial score (nSPS) is 12.7. The first-order valence-electron chi connectivity index (χ1n) is 7.67. The fourth-order valence-corrected chi connectivity index (χ4v) is 2.28. The van der Waals surface area contributed by atoms with Crippen LogP contribution < -0.4 is 10.1 Å². The Morgan fingerprint density at radius 3 is 2.26 bits per heavy atom. The molecule has 0 heterocycles. The number of benzene rings is 1. The van der Waals surface area contributed by atoms with Gasteiger partial charge in [0.15, 0.2) is 0 Å². The van der Waals surface area contributed by atoms with Gasteiger partial charge in [0.05, 0.1) is 6.10 Å². The minimum Gasteiger partial charge on any atom is -0.491 e. The highest BCUT2D eigenvalue weighted by Crippen LogP contribution is 2.23. The molecule has 108 valence electrons. The van der Waals surface area contributed by atoms with Crippen molar-refractivity contribution >= 4 is 0 Å². The van der Waals surface area contributed by atoms with Gasteiger partial charge in [0.2, 0.25) is 0 Å². The summed E-state index contributed by atoms with van der Waals surface area (Å²) in [6.45, 7) is 9.55. The number of nitrogens with one attached hydrogen (secondary N) is 1. The van der Waals surface area contributed by atoms with Crippen LogP contribution in [0.3, 0.4) is 0 Å². The van der Waals surface area contributed by atoms with E-state index >= 15 is 0 Å². The first-order chi connectivity index (χ1) is 9.17. The largest absolute Gasteiger partial charge is 0.491 e. The molecule has 0 saturated heterocycles. The molecule has 0 fully saturated rings. The van der Waals surface area contributed by atoms with Crippen LogP contribution >= 0.6 is 0 Å². The van der Waals surface area contributed by atoms with Crippen molar-refractivity contribution < 1.29 is 4.74 Å². The lowest BCUT2D eigenvalue weighted by Gasteiger charge is -2.19. The highest BCUT2D eigenvalue weighted by Gasteiger charge is 2.10. The zero-order valence-electron chi connectivity index (χ0n) is 12.9. The summed E-state index contributed by atoms with van der Waals surface area (Å²) in [5.74, 6) is 0.961. The van der Waals surface area contributed by atoms with Crippen molar-refractivity contribution in [2.45, 2.75) is 65.5 Å². The number of rotatable bonds is 9. The Labute approximate surface area is 118 Å². The van der Waals surface area contributed by atoms with Crippen LogP contribution in [0.5, 0.6) is 5.75 Å². The summed E-state index contributed by atoms with van der Waals surface area (Å²) >= 11 is 0. The molecule has 19 heavy (non-hydrogen) atoms. The molecule has 0 radical (unpaired) electrons. The quantitative estimate of drug-likeness (QED) is 0.652. The Hall–Kier alpha value is -1.02. The fraction of sp³-hybridized carbons (Fsp3) is 0.647. The van der Waals surface area contributed by atoms with Gasteiger partial charge in [-0.15, -0.1) is 0 Å². The predicted molar refractivity (Wildman–Crippen MR) is 82.8 cm³/mol. The standard InChI is InChI=1S/C17H29NO/c1-5-7-8-9-17(18-6-2)15-10-12-16(13-11-15)19-14(3)4/h10-14,17-18H,5-9H2,1-4H3. The minimum absolute atomic E-state index is 0.236. The van der Waals surface area contributed by atoms with Gasteiger partial charge < -0.3 is 10.1 Å². The van der Waals surface area contributed by atoms with Gasteiger partial charge >= 0.3 is 0 Å². The maximum Gasteiger partial charge on any atom is 0.119 e. The van der Waals surface area contributed by atoms with Gasteiger partial charge in [0.25, 0.3) is 0 Å². The second-order valence-corrected chi connectivity index (χ2v) is 5.34. The van der Waals surface area contributed by atoms with Gasteiger partial charge in [-0.2, -0.15) is 0 Å². The van der Waals surface area contributed by atoms with Gasteiger partial charge in [0.1, 0.15) is 5.75 Å². The second-order valence-electron chi connectivity index (χ2n) is 5.34. The Kier molecular flexibility index (Phi) is 7.57. The lowest BCUT2D eigenvalue weighted by atomic mass is 10.0. The van der Waals surface area contributed by atoms with E-state index in [9.17, 15) is 0 Å². The summed E-state index contributed by atoms with van der Waals surface area (Å²) in [6.07, 6.45) is 5.33. The molecule has 0 spiro atoms. The Morgan fingerprint density at radius 2 is 1.74 bits per heavy atom. The van der Waals surface area contributed by atoms with Gasteiger partial charge in [-0.25, -0.2) is 0 Å². The fourth-order valence-electron chi connectivity index (χ4n) is 2.28. The molecular weight excluding hydrogens is 234 g/mol. The Balaban J connectivity index is 2.62. The van der Waals surface area contributed by atoms with E-state index in [4.69, 9.17) is 4.74 Å². The molecule has 0 amide bonds. The van der Waals surface area contributed by atoms with Crippen LogP contribution in [-0.4, -0.2) is 12.6 Å². The summed E-state index contributed by atoms with van der Waals surface area (Å²) in [7, 11) is 0. The molecule has 1 atom stereocenters. The Morgan fingerprint density at radius 1 is 1.05 bits per heavy atom.